The summed E-state index contributed by atoms with van der Waals surface area (Å²) in [6, 6.07) is 4.38. The molecule has 1 rings (SSSR count). The van der Waals surface area contributed by atoms with Gasteiger partial charge in [-0.25, -0.2) is 8.42 Å². The molecule has 5 nitrogen and oxygen atoms in total. The van der Waals surface area contributed by atoms with Crippen molar-refractivity contribution in [2.24, 2.45) is 0 Å². The summed E-state index contributed by atoms with van der Waals surface area (Å²) in [5, 5.41) is 3.21. The van der Waals surface area contributed by atoms with Gasteiger partial charge in [0.05, 0.1) is 22.2 Å². The van der Waals surface area contributed by atoms with E-state index >= 15 is 0 Å². The average molecular weight is 367 g/mol. The fourth-order valence-corrected chi connectivity index (χ4v) is 3.94. The SMILES string of the molecule is CC(C)NC(=O)CN(C)CCS(=O)(=O)c1cc(Cl)ccc1Cl. The van der Waals surface area contributed by atoms with Crippen molar-refractivity contribution in [2.45, 2.75) is 24.8 Å². The molecule has 0 spiro atoms. The molecule has 0 aliphatic rings. The van der Waals surface area contributed by atoms with Crippen molar-refractivity contribution in [2.75, 3.05) is 25.9 Å². The minimum absolute atomic E-state index is 0.0155. The van der Waals surface area contributed by atoms with E-state index in [1.165, 1.54) is 18.2 Å². The van der Waals surface area contributed by atoms with E-state index in [-0.39, 0.29) is 40.7 Å². The van der Waals surface area contributed by atoms with Crippen molar-refractivity contribution in [1.82, 2.24) is 10.2 Å². The summed E-state index contributed by atoms with van der Waals surface area (Å²) in [7, 11) is -1.87. The molecule has 0 unspecified atom stereocenters. The maximum absolute atomic E-state index is 12.3. The molecule has 0 saturated carbocycles. The molecule has 8 heteroatoms. The van der Waals surface area contributed by atoms with Gasteiger partial charge in [-0.05, 0) is 39.1 Å². The molecule has 0 saturated heterocycles. The number of nitrogens with zero attached hydrogens (tertiary/aromatic N) is 1. The van der Waals surface area contributed by atoms with Crippen LogP contribution >= 0.6 is 23.2 Å². The highest BCUT2D eigenvalue weighted by Crippen LogP contribution is 2.25. The maximum atomic E-state index is 12.3. The fraction of sp³-hybridized carbons (Fsp3) is 0.500. The quantitative estimate of drug-likeness (QED) is 0.803. The van der Waals surface area contributed by atoms with Crippen molar-refractivity contribution in [3.8, 4) is 0 Å². The van der Waals surface area contributed by atoms with Crippen LogP contribution in [-0.4, -0.2) is 51.2 Å². The molecule has 0 fully saturated rings. The molecule has 0 aromatic heterocycles. The van der Waals surface area contributed by atoms with Crippen LogP contribution in [0.25, 0.3) is 0 Å². The minimum atomic E-state index is -3.56. The zero-order valence-electron chi connectivity index (χ0n) is 12.8. The van der Waals surface area contributed by atoms with Gasteiger partial charge in [0.2, 0.25) is 5.91 Å². The molecular formula is C14H20Cl2N2O3S. The van der Waals surface area contributed by atoms with Crippen molar-refractivity contribution in [3.05, 3.63) is 28.2 Å². The molecule has 0 heterocycles. The topological polar surface area (TPSA) is 66.5 Å². The van der Waals surface area contributed by atoms with Gasteiger partial charge in [0.25, 0.3) is 0 Å². The number of nitrogens with one attached hydrogen (secondary N) is 1. The van der Waals surface area contributed by atoms with E-state index in [2.05, 4.69) is 5.32 Å². The standard InChI is InChI=1S/C14H20Cl2N2O3S/c1-10(2)17-14(19)9-18(3)6-7-22(20,21)13-8-11(15)4-5-12(13)16/h4-5,8,10H,6-7,9H2,1-3H3,(H,17,19). The number of hydrogen-bond acceptors (Lipinski definition) is 4. The van der Waals surface area contributed by atoms with Gasteiger partial charge < -0.3 is 5.32 Å². The van der Waals surface area contributed by atoms with Gasteiger partial charge in [0.15, 0.2) is 9.84 Å². The number of hydrogen-bond donors (Lipinski definition) is 1. The van der Waals surface area contributed by atoms with E-state index in [1.54, 1.807) is 11.9 Å². The summed E-state index contributed by atoms with van der Waals surface area (Å²) < 4.78 is 24.6. The Labute approximate surface area is 141 Å². The summed E-state index contributed by atoms with van der Waals surface area (Å²) >= 11 is 11.7. The van der Waals surface area contributed by atoms with Gasteiger partial charge in [-0.15, -0.1) is 0 Å². The highest BCUT2D eigenvalue weighted by Gasteiger charge is 2.20. The zero-order chi connectivity index (χ0) is 16.9. The molecule has 0 radical (unpaired) electrons. The highest BCUT2D eigenvalue weighted by atomic mass is 35.5. The average Bonchev–Trinajstić information content (AvgIpc) is 2.38. The summed E-state index contributed by atoms with van der Waals surface area (Å²) in [6.07, 6.45) is 0. The first-order chi connectivity index (χ1) is 10.1. The molecule has 22 heavy (non-hydrogen) atoms. The van der Waals surface area contributed by atoms with E-state index in [4.69, 9.17) is 23.2 Å². The van der Waals surface area contributed by atoms with E-state index in [0.29, 0.717) is 5.02 Å². The Hall–Kier alpha value is -0.820. The number of sulfone groups is 1. The molecule has 1 aromatic carbocycles. The predicted molar refractivity (Wildman–Crippen MR) is 89.3 cm³/mol. The fourth-order valence-electron chi connectivity index (χ4n) is 1.79. The van der Waals surface area contributed by atoms with Gasteiger partial charge in [0, 0.05) is 17.6 Å². The largest absolute Gasteiger partial charge is 0.353 e. The van der Waals surface area contributed by atoms with Crippen LogP contribution in [0.2, 0.25) is 10.0 Å². The number of carbonyl (C=O) groups excluding carboxylic acids is 1. The Balaban J connectivity index is 2.66. The lowest BCUT2D eigenvalue weighted by Crippen LogP contribution is -2.39. The van der Waals surface area contributed by atoms with E-state index in [9.17, 15) is 13.2 Å². The second kappa shape index (κ2) is 8.15. The van der Waals surface area contributed by atoms with Crippen LogP contribution in [0, 0.1) is 0 Å². The molecule has 1 aromatic rings. The molecule has 0 aliphatic carbocycles. The minimum Gasteiger partial charge on any atom is -0.353 e. The number of amides is 1. The Morgan fingerprint density at radius 3 is 2.55 bits per heavy atom. The third-order valence-corrected chi connectivity index (χ3v) is 5.24. The highest BCUT2D eigenvalue weighted by molar-refractivity contribution is 7.91. The van der Waals surface area contributed by atoms with Gasteiger partial charge in [0.1, 0.15) is 0 Å². The Bertz CT molecular complexity index is 633. The number of likely N-dealkylation sites (N-methyl/N-ethyl adjacent to an activating group) is 1. The lowest BCUT2D eigenvalue weighted by Gasteiger charge is -2.17. The Morgan fingerprint density at radius 1 is 1.32 bits per heavy atom. The van der Waals surface area contributed by atoms with Crippen LogP contribution in [-0.2, 0) is 14.6 Å². The van der Waals surface area contributed by atoms with Crippen molar-refractivity contribution in [1.29, 1.82) is 0 Å². The first kappa shape index (κ1) is 19.2. The Morgan fingerprint density at radius 2 is 1.95 bits per heavy atom. The molecule has 1 N–H and O–H groups in total. The second-order valence-corrected chi connectivity index (χ2v) is 8.27. The lowest BCUT2D eigenvalue weighted by molar-refractivity contribution is -0.122. The monoisotopic (exact) mass is 366 g/mol. The smallest absolute Gasteiger partial charge is 0.234 e. The van der Waals surface area contributed by atoms with Crippen molar-refractivity contribution >= 4 is 38.9 Å². The predicted octanol–water partition coefficient (Wildman–Crippen LogP) is 2.22. The summed E-state index contributed by atoms with van der Waals surface area (Å²) in [5.74, 6) is -0.283. The maximum Gasteiger partial charge on any atom is 0.234 e. The van der Waals surface area contributed by atoms with Crippen LogP contribution in [0.5, 0.6) is 0 Å². The third-order valence-electron chi connectivity index (χ3n) is 2.83. The van der Waals surface area contributed by atoms with Gasteiger partial charge in [-0.3, -0.25) is 9.69 Å². The first-order valence-electron chi connectivity index (χ1n) is 6.77. The van der Waals surface area contributed by atoms with Gasteiger partial charge in [-0.1, -0.05) is 23.2 Å². The van der Waals surface area contributed by atoms with Gasteiger partial charge in [-0.2, -0.15) is 0 Å². The number of carbonyl (C=O) groups is 1. The summed E-state index contributed by atoms with van der Waals surface area (Å²) in [6.45, 7) is 4.08. The normalized spacial score (nSPS) is 12.0. The molecule has 0 aliphatic heterocycles. The lowest BCUT2D eigenvalue weighted by atomic mass is 10.4. The summed E-state index contributed by atoms with van der Waals surface area (Å²) in [4.78, 5) is 13.3. The van der Waals surface area contributed by atoms with Crippen LogP contribution in [0.1, 0.15) is 13.8 Å². The number of rotatable bonds is 7. The van der Waals surface area contributed by atoms with E-state index in [1.807, 2.05) is 13.8 Å². The van der Waals surface area contributed by atoms with Crippen LogP contribution in [0.3, 0.4) is 0 Å². The molecular weight excluding hydrogens is 347 g/mol. The van der Waals surface area contributed by atoms with Crippen molar-refractivity contribution < 1.29 is 13.2 Å². The molecule has 0 atom stereocenters. The third kappa shape index (κ3) is 6.12. The molecule has 0 bridgehead atoms. The number of halogens is 2. The van der Waals surface area contributed by atoms with E-state index < -0.39 is 9.84 Å². The van der Waals surface area contributed by atoms with Crippen molar-refractivity contribution in [3.63, 3.8) is 0 Å². The first-order valence-corrected chi connectivity index (χ1v) is 9.18. The zero-order valence-corrected chi connectivity index (χ0v) is 15.1. The number of benzene rings is 1. The molecule has 124 valence electrons. The van der Waals surface area contributed by atoms with Gasteiger partial charge >= 0.3 is 0 Å². The van der Waals surface area contributed by atoms with Crippen LogP contribution in [0.4, 0.5) is 0 Å². The molecule has 1 amide bonds. The second-order valence-electron chi connectivity index (χ2n) is 5.35. The summed E-state index contributed by atoms with van der Waals surface area (Å²) in [5.41, 5.74) is 0. The van der Waals surface area contributed by atoms with E-state index in [0.717, 1.165) is 0 Å². The van der Waals surface area contributed by atoms with Crippen LogP contribution in [0.15, 0.2) is 23.1 Å². The Kier molecular flexibility index (Phi) is 7.12. The van der Waals surface area contributed by atoms with Crippen LogP contribution < -0.4 is 5.32 Å².